The van der Waals surface area contributed by atoms with E-state index in [-0.39, 0.29) is 40.6 Å². The third-order valence-electron chi connectivity index (χ3n) is 10.6. The molecule has 3 atom stereocenters. The number of ether oxygens (including phenoxy) is 2. The average Bonchev–Trinajstić information content (AvgIpc) is 3.81. The van der Waals surface area contributed by atoms with Crippen LogP contribution < -0.4 is 9.64 Å². The Morgan fingerprint density at radius 2 is 2.02 bits per heavy atom. The Kier molecular flexibility index (Phi) is 6.83. The van der Waals surface area contributed by atoms with Gasteiger partial charge in [0.15, 0.2) is 5.82 Å². The van der Waals surface area contributed by atoms with Crippen molar-refractivity contribution in [2.24, 2.45) is 5.41 Å². The molecule has 6 heterocycles. The van der Waals surface area contributed by atoms with Crippen LogP contribution in [0, 0.1) is 17.0 Å². The summed E-state index contributed by atoms with van der Waals surface area (Å²) in [5.74, 6) is -0.653. The maximum atomic E-state index is 16.8. The predicted molar refractivity (Wildman–Crippen MR) is 164 cm³/mol. The van der Waals surface area contributed by atoms with Gasteiger partial charge in [-0.2, -0.15) is 9.97 Å². The van der Waals surface area contributed by atoms with E-state index in [1.165, 1.54) is 18.2 Å². The lowest BCUT2D eigenvalue weighted by molar-refractivity contribution is 0.107. The quantitative estimate of drug-likeness (QED) is 0.283. The van der Waals surface area contributed by atoms with Gasteiger partial charge in [-0.15, -0.1) is 0 Å². The highest BCUT2D eigenvalue weighted by Gasteiger charge is 2.49. The maximum absolute atomic E-state index is 16.8. The lowest BCUT2D eigenvalue weighted by atomic mass is 9.87. The van der Waals surface area contributed by atoms with E-state index in [1.54, 1.807) is 12.3 Å². The van der Waals surface area contributed by atoms with Gasteiger partial charge in [0.05, 0.1) is 17.5 Å². The smallest absolute Gasteiger partial charge is 0.319 e. The van der Waals surface area contributed by atoms with E-state index in [2.05, 4.69) is 19.8 Å². The Bertz CT molecular complexity index is 1820. The van der Waals surface area contributed by atoms with Crippen molar-refractivity contribution in [3.63, 3.8) is 0 Å². The first-order chi connectivity index (χ1) is 21.8. The molecular weight excluding hydrogens is 583 g/mol. The van der Waals surface area contributed by atoms with Crippen LogP contribution in [0.4, 0.5) is 19.0 Å². The molecule has 0 saturated carbocycles. The number of nitrogens with zero attached hydrogens (tertiary/aromatic N) is 5. The van der Waals surface area contributed by atoms with Crippen LogP contribution in [0.1, 0.15) is 44.6 Å². The van der Waals surface area contributed by atoms with Crippen LogP contribution in [0.15, 0.2) is 30.5 Å². The van der Waals surface area contributed by atoms with Gasteiger partial charge in [0.25, 0.3) is 0 Å². The van der Waals surface area contributed by atoms with E-state index in [0.29, 0.717) is 60.1 Å². The van der Waals surface area contributed by atoms with Crippen LogP contribution in [0.25, 0.3) is 32.9 Å². The van der Waals surface area contributed by atoms with Crippen molar-refractivity contribution in [1.82, 2.24) is 19.9 Å². The van der Waals surface area contributed by atoms with Gasteiger partial charge >= 0.3 is 6.01 Å². The molecule has 1 N–H and O–H groups in total. The van der Waals surface area contributed by atoms with Gasteiger partial charge in [-0.05, 0) is 73.2 Å². The second kappa shape index (κ2) is 10.7. The number of hydrogen-bond donors (Lipinski definition) is 1. The summed E-state index contributed by atoms with van der Waals surface area (Å²) in [6.45, 7) is 6.09. The molecule has 4 aromatic rings. The first kappa shape index (κ1) is 28.8. The number of aromatic nitrogens is 3. The minimum atomic E-state index is -0.905. The van der Waals surface area contributed by atoms with Crippen molar-refractivity contribution in [3.8, 4) is 23.0 Å². The van der Waals surface area contributed by atoms with Gasteiger partial charge in [0, 0.05) is 49.8 Å². The van der Waals surface area contributed by atoms with E-state index in [4.69, 9.17) is 14.5 Å². The number of pyridine rings is 1. The van der Waals surface area contributed by atoms with Crippen molar-refractivity contribution in [1.29, 1.82) is 0 Å². The summed E-state index contributed by atoms with van der Waals surface area (Å²) in [4.78, 5) is 18.2. The monoisotopic (exact) mass is 619 g/mol. The van der Waals surface area contributed by atoms with Gasteiger partial charge < -0.3 is 19.5 Å². The number of aryl methyl sites for hydroxylation is 1. The minimum Gasteiger partial charge on any atom is -0.508 e. The van der Waals surface area contributed by atoms with Crippen LogP contribution in [0.5, 0.6) is 11.8 Å². The zero-order valence-electron chi connectivity index (χ0n) is 25.3. The molecule has 8 rings (SSSR count). The normalized spacial score (nSPS) is 26.6. The Morgan fingerprint density at radius 1 is 1.13 bits per heavy atom. The Labute approximate surface area is 259 Å². The molecule has 45 heavy (non-hydrogen) atoms. The molecule has 0 amide bonds. The first-order valence-electron chi connectivity index (χ1n) is 15.9. The first-order valence-corrected chi connectivity index (χ1v) is 15.9. The van der Waals surface area contributed by atoms with Crippen LogP contribution in [0.3, 0.4) is 0 Å². The molecule has 0 radical (unpaired) electrons. The summed E-state index contributed by atoms with van der Waals surface area (Å²) < 4.78 is 58.2. The Balaban J connectivity index is 1.26. The van der Waals surface area contributed by atoms with Gasteiger partial charge in [-0.3, -0.25) is 9.88 Å². The van der Waals surface area contributed by atoms with Gasteiger partial charge in [0.1, 0.15) is 41.4 Å². The molecule has 4 saturated heterocycles. The van der Waals surface area contributed by atoms with Crippen molar-refractivity contribution in [2.45, 2.75) is 57.2 Å². The zero-order chi connectivity index (χ0) is 30.9. The molecule has 4 fully saturated rings. The largest absolute Gasteiger partial charge is 0.508 e. The number of anilines is 1. The molecule has 2 aromatic heterocycles. The minimum absolute atomic E-state index is 0.0224. The van der Waals surface area contributed by atoms with E-state index in [9.17, 15) is 13.9 Å². The van der Waals surface area contributed by atoms with Crippen LogP contribution >= 0.6 is 0 Å². The van der Waals surface area contributed by atoms with Crippen LogP contribution in [0.2, 0.25) is 0 Å². The lowest BCUT2D eigenvalue weighted by Crippen LogP contribution is -2.43. The molecule has 8 nitrogen and oxygen atoms in total. The van der Waals surface area contributed by atoms with E-state index >= 15 is 4.39 Å². The van der Waals surface area contributed by atoms with Gasteiger partial charge in [-0.1, -0.05) is 13.0 Å². The molecule has 2 aromatic carbocycles. The SMILES string of the molecule is CCc1c(F)ccc2cc(O)cc(-c3ncc4c(N5CCC6(CCOC6)C5)nc(OCC56CCCN5C[C@H](F)C6)nc4c3F)c12. The van der Waals surface area contributed by atoms with E-state index in [0.717, 1.165) is 45.4 Å². The highest BCUT2D eigenvalue weighted by atomic mass is 19.1. The number of phenols is 1. The standard InChI is InChI=1S/C34H36F3N5O3/c1-2-23-26(36)5-4-20-12-22(43)13-24(27(20)23)29-28(37)30-25(15-38-29)31(41-10-7-33(17-41)8-11-44-18-33)40-32(39-30)45-19-34-6-3-9-42(34)16-21(35)14-34/h4-5,12-13,15,21,43H,2-3,6-11,14,16-19H2,1H3/t21-,33?,34?/m1/s1. The Morgan fingerprint density at radius 3 is 2.84 bits per heavy atom. The molecular formula is C34H36F3N5O3. The number of phenolic OH excluding ortho intramolecular Hbond substituents is 1. The summed E-state index contributed by atoms with van der Waals surface area (Å²) in [7, 11) is 0. The molecule has 236 valence electrons. The molecule has 1 spiro atoms. The number of rotatable bonds is 6. The summed E-state index contributed by atoms with van der Waals surface area (Å²) in [6.07, 6.45) is 5.11. The molecule has 4 aliphatic heterocycles. The lowest BCUT2D eigenvalue weighted by Gasteiger charge is -2.31. The topological polar surface area (TPSA) is 83.8 Å². The number of fused-ring (bicyclic) bond motifs is 3. The summed E-state index contributed by atoms with van der Waals surface area (Å²) in [5, 5.41) is 12.1. The number of hydrogen-bond acceptors (Lipinski definition) is 8. The Hall–Kier alpha value is -3.70. The summed E-state index contributed by atoms with van der Waals surface area (Å²) in [5.41, 5.74) is 0.296. The fourth-order valence-electron chi connectivity index (χ4n) is 8.28. The third-order valence-corrected chi connectivity index (χ3v) is 10.6. The second-order valence-corrected chi connectivity index (χ2v) is 13.3. The average molecular weight is 620 g/mol. The second-order valence-electron chi connectivity index (χ2n) is 13.3. The van der Waals surface area contributed by atoms with Crippen molar-refractivity contribution in [3.05, 3.63) is 47.7 Å². The van der Waals surface area contributed by atoms with Crippen LogP contribution in [-0.4, -0.2) is 82.7 Å². The fourth-order valence-corrected chi connectivity index (χ4v) is 8.28. The maximum Gasteiger partial charge on any atom is 0.319 e. The van der Waals surface area contributed by atoms with Gasteiger partial charge in [-0.25, -0.2) is 13.2 Å². The highest BCUT2D eigenvalue weighted by molar-refractivity contribution is 6.01. The van der Waals surface area contributed by atoms with E-state index < -0.39 is 23.3 Å². The zero-order valence-corrected chi connectivity index (χ0v) is 25.3. The fraction of sp³-hybridized carbons (Fsp3) is 0.500. The molecule has 2 unspecified atom stereocenters. The highest BCUT2D eigenvalue weighted by Crippen LogP contribution is 2.44. The van der Waals surface area contributed by atoms with Crippen molar-refractivity contribution >= 4 is 27.5 Å². The number of alkyl halides is 1. The van der Waals surface area contributed by atoms with Crippen LogP contribution in [-0.2, 0) is 11.2 Å². The van der Waals surface area contributed by atoms with E-state index in [1.807, 2.05) is 6.92 Å². The van der Waals surface area contributed by atoms with Crippen molar-refractivity contribution in [2.75, 3.05) is 50.9 Å². The number of halogens is 3. The van der Waals surface area contributed by atoms with Gasteiger partial charge in [0.2, 0.25) is 0 Å². The summed E-state index contributed by atoms with van der Waals surface area (Å²) >= 11 is 0. The van der Waals surface area contributed by atoms with Crippen molar-refractivity contribution < 1.29 is 27.8 Å². The molecule has 4 aliphatic rings. The number of aromatic hydroxyl groups is 1. The molecule has 11 heteroatoms. The molecule has 0 bridgehead atoms. The number of benzene rings is 2. The molecule has 0 aliphatic carbocycles. The predicted octanol–water partition coefficient (Wildman–Crippen LogP) is 5.96. The summed E-state index contributed by atoms with van der Waals surface area (Å²) in [6, 6.07) is 5.92. The third kappa shape index (κ3) is 4.69.